The van der Waals surface area contributed by atoms with Crippen molar-refractivity contribution in [1.29, 1.82) is 0 Å². The maximum atomic E-state index is 13.1. The third-order valence-corrected chi connectivity index (χ3v) is 5.23. The van der Waals surface area contributed by atoms with Gasteiger partial charge >= 0.3 is 5.97 Å². The average molecular weight is 428 g/mol. The van der Waals surface area contributed by atoms with E-state index in [4.69, 9.17) is 14.9 Å². The molecule has 0 spiro atoms. The second-order valence-corrected chi connectivity index (χ2v) is 7.62. The molecule has 0 saturated carbocycles. The molecule has 4 rings (SSSR count). The average Bonchev–Trinajstić information content (AvgIpc) is 2.81. The van der Waals surface area contributed by atoms with Gasteiger partial charge in [0.2, 0.25) is 5.43 Å². The van der Waals surface area contributed by atoms with Crippen LogP contribution in [0.2, 0.25) is 0 Å². The van der Waals surface area contributed by atoms with Crippen LogP contribution in [0.5, 0.6) is 5.75 Å². The summed E-state index contributed by atoms with van der Waals surface area (Å²) in [5.41, 5.74) is 8.89. The van der Waals surface area contributed by atoms with Crippen molar-refractivity contribution in [2.75, 3.05) is 0 Å². The summed E-state index contributed by atoms with van der Waals surface area (Å²) < 4.78 is 11.4. The number of hydrogen-bond acceptors (Lipinski definition) is 6. The Kier molecular flexibility index (Phi) is 6.42. The molecule has 6 nitrogen and oxygen atoms in total. The van der Waals surface area contributed by atoms with Crippen LogP contribution in [0.25, 0.3) is 22.2 Å². The minimum atomic E-state index is -0.805. The third-order valence-electron chi connectivity index (χ3n) is 5.23. The molecule has 2 N–H and O–H groups in total. The summed E-state index contributed by atoms with van der Waals surface area (Å²) in [6.07, 6.45) is 4.85. The molecule has 6 heteroatoms. The van der Waals surface area contributed by atoms with E-state index in [1.54, 1.807) is 30.5 Å². The molecule has 4 aromatic rings. The van der Waals surface area contributed by atoms with Crippen molar-refractivity contribution >= 4 is 16.9 Å². The van der Waals surface area contributed by atoms with Crippen molar-refractivity contribution in [1.82, 2.24) is 4.98 Å². The molecule has 0 aliphatic rings. The van der Waals surface area contributed by atoms with Crippen LogP contribution in [0.15, 0.2) is 82.3 Å². The second-order valence-electron chi connectivity index (χ2n) is 7.62. The van der Waals surface area contributed by atoms with E-state index >= 15 is 0 Å². The van der Waals surface area contributed by atoms with E-state index in [0.29, 0.717) is 40.8 Å². The van der Waals surface area contributed by atoms with Gasteiger partial charge in [0, 0.05) is 12.3 Å². The maximum absolute atomic E-state index is 13.1. The highest BCUT2D eigenvalue weighted by Gasteiger charge is 2.20. The van der Waals surface area contributed by atoms with Gasteiger partial charge in [0.25, 0.3) is 0 Å². The first-order valence-corrected chi connectivity index (χ1v) is 10.6. The van der Waals surface area contributed by atoms with Gasteiger partial charge in [-0.05, 0) is 42.2 Å². The number of rotatable bonds is 7. The highest BCUT2D eigenvalue weighted by atomic mass is 16.5. The highest BCUT2D eigenvalue weighted by molar-refractivity contribution is 5.85. The number of carbonyl (C=O) groups is 1. The van der Waals surface area contributed by atoms with Crippen molar-refractivity contribution in [3.63, 3.8) is 0 Å². The van der Waals surface area contributed by atoms with Gasteiger partial charge < -0.3 is 14.9 Å². The molecular formula is C26H24N2O4. The van der Waals surface area contributed by atoms with E-state index in [1.807, 2.05) is 43.3 Å². The predicted molar refractivity (Wildman–Crippen MR) is 123 cm³/mol. The molecule has 0 bridgehead atoms. The zero-order chi connectivity index (χ0) is 22.5. The van der Waals surface area contributed by atoms with Crippen LogP contribution < -0.4 is 15.9 Å². The largest absolute Gasteiger partial charge is 0.463 e. The molecule has 0 fully saturated rings. The first-order chi connectivity index (χ1) is 15.6. The fourth-order valence-corrected chi connectivity index (χ4v) is 3.60. The van der Waals surface area contributed by atoms with Crippen LogP contribution in [-0.4, -0.2) is 17.0 Å². The van der Waals surface area contributed by atoms with Gasteiger partial charge in [-0.2, -0.15) is 0 Å². The fraction of sp³-hybridized carbons (Fsp3) is 0.192. The standard InChI is InChI=1S/C26H24N2O4/c1-2-8-18-14-19-24(31-16-20(25(19)29)22-11-6-7-12-28-22)15-23(18)32-26(30)21(27)13-17-9-4-3-5-10-17/h3-7,9-12,14-16,21H,2,8,13,27H2,1H3. The Morgan fingerprint density at radius 3 is 2.62 bits per heavy atom. The molecule has 0 saturated heterocycles. The summed E-state index contributed by atoms with van der Waals surface area (Å²) in [4.78, 5) is 30.0. The number of aromatic nitrogens is 1. The fourth-order valence-electron chi connectivity index (χ4n) is 3.60. The van der Waals surface area contributed by atoms with E-state index in [-0.39, 0.29) is 5.43 Å². The van der Waals surface area contributed by atoms with Crippen molar-refractivity contribution in [3.05, 3.63) is 94.5 Å². The lowest BCUT2D eigenvalue weighted by molar-refractivity contribution is -0.135. The van der Waals surface area contributed by atoms with Crippen LogP contribution in [0, 0.1) is 0 Å². The summed E-state index contributed by atoms with van der Waals surface area (Å²) >= 11 is 0. The van der Waals surface area contributed by atoms with Gasteiger partial charge in [0.15, 0.2) is 0 Å². The van der Waals surface area contributed by atoms with E-state index in [1.165, 1.54) is 6.26 Å². The molecule has 0 aliphatic heterocycles. The molecule has 0 aliphatic carbocycles. The van der Waals surface area contributed by atoms with E-state index < -0.39 is 12.0 Å². The summed E-state index contributed by atoms with van der Waals surface area (Å²) in [6.45, 7) is 2.02. The summed E-state index contributed by atoms with van der Waals surface area (Å²) in [6, 6.07) is 17.4. The zero-order valence-electron chi connectivity index (χ0n) is 17.8. The lowest BCUT2D eigenvalue weighted by Gasteiger charge is -2.15. The van der Waals surface area contributed by atoms with Crippen LogP contribution in [-0.2, 0) is 17.6 Å². The topological polar surface area (TPSA) is 95.4 Å². The number of pyridine rings is 1. The van der Waals surface area contributed by atoms with Crippen molar-refractivity contribution in [2.45, 2.75) is 32.2 Å². The van der Waals surface area contributed by atoms with Gasteiger partial charge in [-0.25, -0.2) is 4.79 Å². The van der Waals surface area contributed by atoms with Crippen molar-refractivity contribution < 1.29 is 13.9 Å². The summed E-state index contributed by atoms with van der Waals surface area (Å²) in [5, 5.41) is 0.421. The van der Waals surface area contributed by atoms with E-state index in [9.17, 15) is 9.59 Å². The number of aryl methyl sites for hydroxylation is 1. The number of benzene rings is 2. The number of fused-ring (bicyclic) bond motifs is 1. The van der Waals surface area contributed by atoms with Crippen LogP contribution >= 0.6 is 0 Å². The summed E-state index contributed by atoms with van der Waals surface area (Å²) in [5.74, 6) is -0.167. The van der Waals surface area contributed by atoms with Gasteiger partial charge in [-0.3, -0.25) is 9.78 Å². The third kappa shape index (κ3) is 4.60. The molecule has 0 amide bonds. The monoisotopic (exact) mass is 428 g/mol. The van der Waals surface area contributed by atoms with Crippen LogP contribution in [0.1, 0.15) is 24.5 Å². The molecule has 1 unspecified atom stereocenters. The number of nitrogens with two attached hydrogens (primary N) is 1. The molecule has 1 atom stereocenters. The Bertz CT molecular complexity index is 1280. The first kappa shape index (κ1) is 21.5. The highest BCUT2D eigenvalue weighted by Crippen LogP contribution is 2.28. The predicted octanol–water partition coefficient (Wildman–Crippen LogP) is 4.28. The number of hydrogen-bond donors (Lipinski definition) is 1. The van der Waals surface area contributed by atoms with Crippen LogP contribution in [0.4, 0.5) is 0 Å². The summed E-state index contributed by atoms with van der Waals surface area (Å²) in [7, 11) is 0. The minimum Gasteiger partial charge on any atom is -0.463 e. The SMILES string of the molecule is CCCc1cc2c(=O)c(-c3ccccn3)coc2cc1OC(=O)C(N)Cc1ccccc1. The minimum absolute atomic E-state index is 0.180. The van der Waals surface area contributed by atoms with Gasteiger partial charge in [-0.1, -0.05) is 49.7 Å². The Morgan fingerprint density at radius 2 is 1.91 bits per heavy atom. The quantitative estimate of drug-likeness (QED) is 0.349. The Hall–Kier alpha value is -3.77. The molecular weight excluding hydrogens is 404 g/mol. The smallest absolute Gasteiger partial charge is 0.328 e. The molecule has 2 aromatic heterocycles. The van der Waals surface area contributed by atoms with Crippen LogP contribution in [0.3, 0.4) is 0 Å². The van der Waals surface area contributed by atoms with Crippen molar-refractivity contribution in [3.8, 4) is 17.0 Å². The molecule has 2 heterocycles. The van der Waals surface area contributed by atoms with Gasteiger partial charge in [0.05, 0.1) is 16.6 Å². The Morgan fingerprint density at radius 1 is 1.12 bits per heavy atom. The Labute approximate surface area is 185 Å². The molecule has 0 radical (unpaired) electrons. The lowest BCUT2D eigenvalue weighted by atomic mass is 10.0. The lowest BCUT2D eigenvalue weighted by Crippen LogP contribution is -2.36. The number of esters is 1. The second kappa shape index (κ2) is 9.58. The van der Waals surface area contributed by atoms with Gasteiger partial charge in [0.1, 0.15) is 23.6 Å². The molecule has 2 aromatic carbocycles. The molecule has 32 heavy (non-hydrogen) atoms. The number of carbonyl (C=O) groups excluding carboxylic acids is 1. The van der Waals surface area contributed by atoms with Gasteiger partial charge in [-0.15, -0.1) is 0 Å². The maximum Gasteiger partial charge on any atom is 0.328 e. The van der Waals surface area contributed by atoms with E-state index in [2.05, 4.69) is 4.98 Å². The number of ether oxygens (including phenoxy) is 1. The first-order valence-electron chi connectivity index (χ1n) is 10.6. The molecule has 162 valence electrons. The van der Waals surface area contributed by atoms with Crippen molar-refractivity contribution in [2.24, 2.45) is 5.73 Å². The normalized spacial score (nSPS) is 11.9. The van der Waals surface area contributed by atoms with E-state index in [0.717, 1.165) is 17.5 Å². The Balaban J connectivity index is 1.66. The zero-order valence-corrected chi connectivity index (χ0v) is 17.8. The number of nitrogens with zero attached hydrogens (tertiary/aromatic N) is 1.